The normalized spacial score (nSPS) is 13.0. The van der Waals surface area contributed by atoms with Gasteiger partial charge in [-0.15, -0.1) is 11.3 Å². The van der Waals surface area contributed by atoms with Crippen molar-refractivity contribution in [3.05, 3.63) is 29.3 Å². The highest BCUT2D eigenvalue weighted by Crippen LogP contribution is 2.22. The lowest BCUT2D eigenvalue weighted by molar-refractivity contribution is 0.0650. The molecule has 6 heteroatoms. The summed E-state index contributed by atoms with van der Waals surface area (Å²) < 4.78 is 1.20. The highest BCUT2D eigenvalue weighted by Gasteiger charge is 2.22. The van der Waals surface area contributed by atoms with Gasteiger partial charge in [-0.2, -0.15) is 0 Å². The number of thiazole rings is 1. The molecule has 0 aliphatic heterocycles. The Hall–Kier alpha value is -1.66. The average Bonchev–Trinajstić information content (AvgIpc) is 2.91. The maximum atomic E-state index is 11.7. The molecule has 0 saturated carbocycles. The summed E-state index contributed by atoms with van der Waals surface area (Å²) in [4.78, 5) is 16.3. The number of hydrogen-bond donors (Lipinski definition) is 3. The summed E-state index contributed by atoms with van der Waals surface area (Å²) in [5.41, 5.74) is 0.800. The number of para-hydroxylation sites is 1. The highest BCUT2D eigenvalue weighted by atomic mass is 32.1. The van der Waals surface area contributed by atoms with Crippen LogP contribution in [0.1, 0.15) is 32.2 Å². The third-order valence-electron chi connectivity index (χ3n) is 3.65. The van der Waals surface area contributed by atoms with E-state index in [1.807, 2.05) is 39.0 Å². The van der Waals surface area contributed by atoms with Crippen molar-refractivity contribution in [3.63, 3.8) is 0 Å². The van der Waals surface area contributed by atoms with Crippen LogP contribution in [-0.4, -0.2) is 35.3 Å². The molecule has 0 spiro atoms. The Kier molecular flexibility index (Phi) is 5.96. The van der Waals surface area contributed by atoms with Crippen LogP contribution in [0.2, 0.25) is 0 Å². The van der Waals surface area contributed by atoms with E-state index in [9.17, 15) is 9.90 Å². The van der Waals surface area contributed by atoms with E-state index in [0.29, 0.717) is 6.54 Å². The van der Waals surface area contributed by atoms with E-state index in [2.05, 4.69) is 21.7 Å². The topological polar surface area (TPSA) is 74.2 Å². The van der Waals surface area contributed by atoms with Crippen molar-refractivity contribution in [3.8, 4) is 0 Å². The number of aliphatic hydroxyl groups is 1. The lowest BCUT2D eigenvalue weighted by Crippen LogP contribution is -2.43. The Balaban J connectivity index is 1.66. The molecule has 0 radical (unpaired) electrons. The molecule has 126 valence electrons. The molecule has 2 rings (SSSR count). The van der Waals surface area contributed by atoms with Gasteiger partial charge in [0.1, 0.15) is 0 Å². The molecule has 0 bridgehead atoms. The predicted octanol–water partition coefficient (Wildman–Crippen LogP) is 2.94. The number of fused-ring (bicyclic) bond motifs is 1. The van der Waals surface area contributed by atoms with Crippen LogP contribution in [0.5, 0.6) is 0 Å². The first-order valence-electron chi connectivity index (χ1n) is 7.90. The Morgan fingerprint density at radius 1 is 1.30 bits per heavy atom. The fraction of sp³-hybridized carbons (Fsp3) is 0.529. The van der Waals surface area contributed by atoms with Gasteiger partial charge < -0.3 is 15.7 Å². The largest absolute Gasteiger partial charge is 0.391 e. The number of carbonyl (C=O) groups excluding carboxylic acids is 1. The van der Waals surface area contributed by atoms with Crippen LogP contribution in [0.3, 0.4) is 0 Å². The molecule has 2 amide bonds. The van der Waals surface area contributed by atoms with Crippen LogP contribution in [0.4, 0.5) is 4.79 Å². The number of amides is 2. The number of aryl methyl sites for hydroxylation is 1. The van der Waals surface area contributed by atoms with Crippen molar-refractivity contribution >= 4 is 27.6 Å². The SMILES string of the molecule is CC(C)(C)C(O)CNC(=O)NCCCc1nc2ccccc2s1. The number of nitrogens with one attached hydrogen (secondary N) is 2. The Labute approximate surface area is 141 Å². The van der Waals surface area contributed by atoms with E-state index in [0.717, 1.165) is 23.4 Å². The summed E-state index contributed by atoms with van der Waals surface area (Å²) >= 11 is 1.70. The lowest BCUT2D eigenvalue weighted by Gasteiger charge is -2.25. The van der Waals surface area contributed by atoms with E-state index in [-0.39, 0.29) is 18.0 Å². The van der Waals surface area contributed by atoms with Crippen LogP contribution >= 0.6 is 11.3 Å². The second-order valence-corrected chi connectivity index (χ2v) is 7.81. The van der Waals surface area contributed by atoms with Crippen molar-refractivity contribution in [1.82, 2.24) is 15.6 Å². The zero-order chi connectivity index (χ0) is 16.9. The lowest BCUT2D eigenvalue weighted by atomic mass is 9.89. The molecule has 0 fully saturated rings. The van der Waals surface area contributed by atoms with Gasteiger partial charge in [-0.3, -0.25) is 0 Å². The first-order valence-corrected chi connectivity index (χ1v) is 8.72. The molecule has 1 aromatic heterocycles. The molecule has 1 unspecified atom stereocenters. The van der Waals surface area contributed by atoms with Gasteiger partial charge in [-0.25, -0.2) is 9.78 Å². The van der Waals surface area contributed by atoms with Gasteiger partial charge in [0.25, 0.3) is 0 Å². The first-order chi connectivity index (χ1) is 10.9. The minimum Gasteiger partial charge on any atom is -0.391 e. The number of rotatable bonds is 6. The minimum atomic E-state index is -0.559. The van der Waals surface area contributed by atoms with Crippen LogP contribution in [-0.2, 0) is 6.42 Å². The first kappa shape index (κ1) is 17.7. The van der Waals surface area contributed by atoms with Gasteiger partial charge >= 0.3 is 6.03 Å². The van der Waals surface area contributed by atoms with Gasteiger partial charge in [-0.1, -0.05) is 32.9 Å². The molecule has 5 nitrogen and oxygen atoms in total. The van der Waals surface area contributed by atoms with Crippen molar-refractivity contribution in [1.29, 1.82) is 0 Å². The number of aliphatic hydroxyl groups excluding tert-OH is 1. The van der Waals surface area contributed by atoms with Crippen molar-refractivity contribution in [2.75, 3.05) is 13.1 Å². The summed E-state index contributed by atoms with van der Waals surface area (Å²) in [6.45, 7) is 6.67. The van der Waals surface area contributed by atoms with E-state index < -0.39 is 6.10 Å². The molecule has 3 N–H and O–H groups in total. The molecule has 0 aliphatic rings. The third kappa shape index (κ3) is 5.48. The number of aromatic nitrogens is 1. The maximum Gasteiger partial charge on any atom is 0.314 e. The Morgan fingerprint density at radius 3 is 2.74 bits per heavy atom. The Bertz CT molecular complexity index is 616. The van der Waals surface area contributed by atoms with E-state index in [1.165, 1.54) is 4.70 Å². The van der Waals surface area contributed by atoms with Crippen molar-refractivity contribution in [2.24, 2.45) is 5.41 Å². The maximum absolute atomic E-state index is 11.7. The molecular weight excluding hydrogens is 310 g/mol. The smallest absolute Gasteiger partial charge is 0.314 e. The van der Waals surface area contributed by atoms with Crippen molar-refractivity contribution < 1.29 is 9.90 Å². The van der Waals surface area contributed by atoms with Crippen LogP contribution in [0, 0.1) is 5.41 Å². The zero-order valence-electron chi connectivity index (χ0n) is 13.9. The van der Waals surface area contributed by atoms with Gasteiger partial charge in [0.05, 0.1) is 21.3 Å². The third-order valence-corrected chi connectivity index (χ3v) is 4.74. The number of urea groups is 1. The molecule has 0 saturated heterocycles. The predicted molar refractivity (Wildman–Crippen MR) is 94.8 cm³/mol. The standard InChI is InChI=1S/C17H25N3O2S/c1-17(2,3)14(21)11-19-16(22)18-10-6-9-15-20-12-7-4-5-8-13(12)23-15/h4-5,7-8,14,21H,6,9-11H2,1-3H3,(H2,18,19,22). The van der Waals surface area contributed by atoms with Gasteiger partial charge in [0, 0.05) is 19.5 Å². The summed E-state index contributed by atoms with van der Waals surface area (Å²) in [5.74, 6) is 0. The monoisotopic (exact) mass is 335 g/mol. The summed E-state index contributed by atoms with van der Waals surface area (Å²) in [5, 5.41) is 16.5. The molecular formula is C17H25N3O2S. The molecule has 2 aromatic rings. The Morgan fingerprint density at radius 2 is 2.04 bits per heavy atom. The fourth-order valence-electron chi connectivity index (χ4n) is 2.03. The van der Waals surface area contributed by atoms with Gasteiger partial charge in [0.2, 0.25) is 0 Å². The fourth-order valence-corrected chi connectivity index (χ4v) is 3.04. The second kappa shape index (κ2) is 7.75. The van der Waals surface area contributed by atoms with Crippen LogP contribution < -0.4 is 10.6 Å². The summed E-state index contributed by atoms with van der Waals surface area (Å²) in [6.07, 6.45) is 1.13. The summed E-state index contributed by atoms with van der Waals surface area (Å²) in [6, 6.07) is 7.86. The minimum absolute atomic E-state index is 0.236. The molecule has 1 heterocycles. The number of carbonyl (C=O) groups is 1. The number of hydrogen-bond acceptors (Lipinski definition) is 4. The molecule has 0 aliphatic carbocycles. The zero-order valence-corrected chi connectivity index (χ0v) is 14.7. The van der Waals surface area contributed by atoms with Crippen molar-refractivity contribution in [2.45, 2.75) is 39.7 Å². The number of nitrogens with zero attached hydrogens (tertiary/aromatic N) is 1. The van der Waals surface area contributed by atoms with E-state index in [4.69, 9.17) is 0 Å². The highest BCUT2D eigenvalue weighted by molar-refractivity contribution is 7.18. The average molecular weight is 335 g/mol. The van der Waals surface area contributed by atoms with Gasteiger partial charge in [-0.05, 0) is 24.0 Å². The summed E-state index contributed by atoms with van der Waals surface area (Å²) in [7, 11) is 0. The second-order valence-electron chi connectivity index (χ2n) is 6.70. The van der Waals surface area contributed by atoms with Crippen LogP contribution in [0.25, 0.3) is 10.2 Å². The van der Waals surface area contributed by atoms with Gasteiger partial charge in [0.15, 0.2) is 0 Å². The molecule has 1 aromatic carbocycles. The molecule has 1 atom stereocenters. The quantitative estimate of drug-likeness (QED) is 0.711. The van der Waals surface area contributed by atoms with Crippen LogP contribution in [0.15, 0.2) is 24.3 Å². The number of benzene rings is 1. The molecule has 23 heavy (non-hydrogen) atoms. The van der Waals surface area contributed by atoms with E-state index >= 15 is 0 Å². The van der Waals surface area contributed by atoms with E-state index in [1.54, 1.807) is 11.3 Å².